The van der Waals surface area contributed by atoms with Crippen LogP contribution in [0.5, 0.6) is 5.88 Å². The summed E-state index contributed by atoms with van der Waals surface area (Å²) < 4.78 is 2.87. The summed E-state index contributed by atoms with van der Waals surface area (Å²) in [5, 5.41) is 15.0. The molecule has 0 unspecified atom stereocenters. The van der Waals surface area contributed by atoms with Crippen LogP contribution in [-0.4, -0.2) is 31.3 Å². The van der Waals surface area contributed by atoms with Crippen LogP contribution in [0.2, 0.25) is 0 Å². The van der Waals surface area contributed by atoms with Crippen molar-refractivity contribution < 1.29 is 9.90 Å². The average Bonchev–Trinajstić information content (AvgIpc) is 2.84. The normalized spacial score (nSPS) is 11.0. The van der Waals surface area contributed by atoms with Gasteiger partial charge in [0.05, 0.1) is 17.6 Å². The lowest BCUT2D eigenvalue weighted by atomic mass is 10.2. The van der Waals surface area contributed by atoms with Gasteiger partial charge in [-0.2, -0.15) is 5.10 Å². The van der Waals surface area contributed by atoms with Gasteiger partial charge in [-0.05, 0) is 61.5 Å². The van der Waals surface area contributed by atoms with Crippen LogP contribution in [0.15, 0.2) is 83.0 Å². The number of nitrogens with zero attached hydrogens (tertiary/aromatic N) is 4. The molecule has 0 aliphatic rings. The molecule has 0 saturated heterocycles. The quantitative estimate of drug-likeness (QED) is 0.262. The van der Waals surface area contributed by atoms with E-state index in [2.05, 4.69) is 15.5 Å². The minimum Gasteiger partial charge on any atom is -0.494 e. The summed E-state index contributed by atoms with van der Waals surface area (Å²) in [6.45, 7) is 3.74. The molecular formula is C25H21N5O3S. The Bertz CT molecular complexity index is 1520. The summed E-state index contributed by atoms with van der Waals surface area (Å²) in [6, 6.07) is 17.7. The molecule has 1 amide bonds. The molecule has 8 nitrogen and oxygen atoms in total. The summed E-state index contributed by atoms with van der Waals surface area (Å²) in [4.78, 5) is 29.7. The van der Waals surface area contributed by atoms with E-state index >= 15 is 0 Å². The number of pyridine rings is 1. The van der Waals surface area contributed by atoms with E-state index in [1.165, 1.54) is 33.7 Å². The fraction of sp³-hybridized carbons (Fsp3) is 0.0800. The van der Waals surface area contributed by atoms with E-state index in [1.807, 2.05) is 44.2 Å². The second-order valence-corrected chi connectivity index (χ2v) is 7.87. The SMILES string of the molecule is Cc1ccccc1-n1c(O)c(/C=N\NC(=O)c2ccncc2)c(=O)n(-c2ccccc2C)c1=S. The molecule has 2 heterocycles. The average molecular weight is 472 g/mol. The van der Waals surface area contributed by atoms with Crippen LogP contribution in [0.3, 0.4) is 0 Å². The van der Waals surface area contributed by atoms with E-state index in [0.29, 0.717) is 16.9 Å². The third-order valence-electron chi connectivity index (χ3n) is 5.28. The van der Waals surface area contributed by atoms with Gasteiger partial charge in [-0.15, -0.1) is 0 Å². The van der Waals surface area contributed by atoms with Crippen molar-refractivity contribution in [3.05, 3.63) is 110 Å². The number of hydrazone groups is 1. The van der Waals surface area contributed by atoms with Crippen molar-refractivity contribution >= 4 is 24.3 Å². The lowest BCUT2D eigenvalue weighted by molar-refractivity contribution is 0.0955. The number of aryl methyl sites for hydroxylation is 2. The predicted octanol–water partition coefficient (Wildman–Crippen LogP) is 3.84. The predicted molar refractivity (Wildman–Crippen MR) is 133 cm³/mol. The highest BCUT2D eigenvalue weighted by molar-refractivity contribution is 7.71. The van der Waals surface area contributed by atoms with Gasteiger partial charge >= 0.3 is 0 Å². The van der Waals surface area contributed by atoms with Gasteiger partial charge in [-0.25, -0.2) is 5.43 Å². The lowest BCUT2D eigenvalue weighted by Gasteiger charge is -2.18. The Morgan fingerprint density at radius 1 is 0.971 bits per heavy atom. The van der Waals surface area contributed by atoms with Crippen LogP contribution in [0.25, 0.3) is 11.4 Å². The number of benzene rings is 2. The number of carbonyl (C=O) groups excluding carboxylic acids is 1. The summed E-state index contributed by atoms with van der Waals surface area (Å²) in [5.74, 6) is -0.861. The van der Waals surface area contributed by atoms with Gasteiger partial charge in [0.1, 0.15) is 5.56 Å². The van der Waals surface area contributed by atoms with Crippen LogP contribution in [0.1, 0.15) is 27.0 Å². The second-order valence-electron chi connectivity index (χ2n) is 7.50. The third kappa shape index (κ3) is 4.28. The summed E-state index contributed by atoms with van der Waals surface area (Å²) in [7, 11) is 0. The van der Waals surface area contributed by atoms with Crippen LogP contribution in [0.4, 0.5) is 0 Å². The minimum absolute atomic E-state index is 0.101. The Morgan fingerprint density at radius 2 is 1.53 bits per heavy atom. The zero-order valence-corrected chi connectivity index (χ0v) is 19.3. The third-order valence-corrected chi connectivity index (χ3v) is 5.65. The van der Waals surface area contributed by atoms with Crippen LogP contribution in [0, 0.1) is 18.6 Å². The van der Waals surface area contributed by atoms with E-state index in [-0.39, 0.29) is 16.2 Å². The summed E-state index contributed by atoms with van der Waals surface area (Å²) >= 11 is 5.67. The van der Waals surface area contributed by atoms with Crippen molar-refractivity contribution in [1.82, 2.24) is 19.5 Å². The van der Waals surface area contributed by atoms with Crippen molar-refractivity contribution in [2.75, 3.05) is 0 Å². The first-order valence-electron chi connectivity index (χ1n) is 10.4. The Labute approximate surface area is 200 Å². The molecule has 0 bridgehead atoms. The fourth-order valence-corrected chi connectivity index (χ4v) is 3.87. The summed E-state index contributed by atoms with van der Waals surface area (Å²) in [6.07, 6.45) is 4.09. The van der Waals surface area contributed by atoms with Gasteiger partial charge in [0, 0.05) is 18.0 Å². The molecule has 170 valence electrons. The van der Waals surface area contributed by atoms with E-state index in [0.717, 1.165) is 17.3 Å². The largest absolute Gasteiger partial charge is 0.494 e. The molecule has 2 aromatic carbocycles. The first kappa shape index (κ1) is 22.8. The smallest absolute Gasteiger partial charge is 0.271 e. The Hall–Kier alpha value is -4.37. The maximum Gasteiger partial charge on any atom is 0.271 e. The molecule has 34 heavy (non-hydrogen) atoms. The van der Waals surface area contributed by atoms with E-state index in [9.17, 15) is 14.7 Å². The van der Waals surface area contributed by atoms with Crippen molar-refractivity contribution in [2.24, 2.45) is 5.10 Å². The van der Waals surface area contributed by atoms with Gasteiger partial charge in [-0.1, -0.05) is 36.4 Å². The zero-order valence-electron chi connectivity index (χ0n) is 18.5. The van der Waals surface area contributed by atoms with Gasteiger partial charge < -0.3 is 5.11 Å². The first-order chi connectivity index (χ1) is 16.4. The van der Waals surface area contributed by atoms with Crippen molar-refractivity contribution in [1.29, 1.82) is 0 Å². The van der Waals surface area contributed by atoms with Gasteiger partial charge in [0.15, 0.2) is 4.77 Å². The second kappa shape index (κ2) is 9.63. The highest BCUT2D eigenvalue weighted by Crippen LogP contribution is 2.24. The molecule has 0 fully saturated rings. The van der Waals surface area contributed by atoms with Crippen LogP contribution in [-0.2, 0) is 0 Å². The Morgan fingerprint density at radius 3 is 2.12 bits per heavy atom. The number of aromatic nitrogens is 3. The maximum atomic E-state index is 13.5. The molecule has 2 aromatic heterocycles. The van der Waals surface area contributed by atoms with E-state index in [4.69, 9.17) is 12.2 Å². The first-order valence-corrected chi connectivity index (χ1v) is 10.8. The number of hydrogen-bond acceptors (Lipinski definition) is 6. The van der Waals surface area contributed by atoms with E-state index in [1.54, 1.807) is 18.2 Å². The molecular weight excluding hydrogens is 450 g/mol. The van der Waals surface area contributed by atoms with Gasteiger partial charge in [-0.3, -0.25) is 23.7 Å². The van der Waals surface area contributed by atoms with Crippen molar-refractivity contribution in [2.45, 2.75) is 13.8 Å². The van der Waals surface area contributed by atoms with Gasteiger partial charge in [0.25, 0.3) is 11.5 Å². The number of hydrogen-bond donors (Lipinski definition) is 2. The molecule has 4 aromatic rings. The molecule has 2 N–H and O–H groups in total. The molecule has 4 rings (SSSR count). The number of para-hydroxylation sites is 2. The van der Waals surface area contributed by atoms with Gasteiger partial charge in [0.2, 0.25) is 5.88 Å². The fourth-order valence-electron chi connectivity index (χ4n) is 3.51. The molecule has 0 saturated carbocycles. The number of amides is 1. The number of nitrogens with one attached hydrogen (secondary N) is 1. The lowest BCUT2D eigenvalue weighted by Crippen LogP contribution is -2.28. The molecule has 0 aliphatic carbocycles. The molecule has 0 spiro atoms. The monoisotopic (exact) mass is 471 g/mol. The van der Waals surface area contributed by atoms with Crippen molar-refractivity contribution in [3.8, 4) is 17.3 Å². The standard InChI is InChI=1S/C25H21N5O3S/c1-16-7-3-5-9-20(16)29-23(32)19(15-27-28-22(31)18-11-13-26-14-12-18)24(33)30(25(29)34)21-10-6-4-8-17(21)2/h3-15,32H,1-2H3,(H,28,31)/b27-15-. The van der Waals surface area contributed by atoms with E-state index < -0.39 is 11.5 Å². The zero-order chi connectivity index (χ0) is 24.2. The molecule has 0 atom stereocenters. The minimum atomic E-state index is -0.566. The highest BCUT2D eigenvalue weighted by Gasteiger charge is 2.19. The Kier molecular flexibility index (Phi) is 6.46. The summed E-state index contributed by atoms with van der Waals surface area (Å²) in [5.41, 5.74) is 4.89. The molecule has 0 radical (unpaired) electrons. The topological polar surface area (TPSA) is 102 Å². The maximum absolute atomic E-state index is 13.5. The Balaban J connectivity index is 1.90. The highest BCUT2D eigenvalue weighted by atomic mass is 32.1. The molecule has 0 aliphatic heterocycles. The van der Waals surface area contributed by atoms with Crippen molar-refractivity contribution in [3.63, 3.8) is 0 Å². The van der Waals surface area contributed by atoms with Crippen LogP contribution < -0.4 is 11.0 Å². The number of rotatable bonds is 5. The van der Waals surface area contributed by atoms with Crippen LogP contribution >= 0.6 is 12.2 Å². The number of aromatic hydroxyl groups is 1. The molecule has 9 heteroatoms. The number of carbonyl (C=O) groups is 1.